The third kappa shape index (κ3) is 6.48. The number of amidine groups is 1. The van der Waals surface area contributed by atoms with Crippen LogP contribution in [0.4, 0.5) is 0 Å². The summed E-state index contributed by atoms with van der Waals surface area (Å²) in [4.78, 5) is 37.7. The SMILES string of the molecule is C=CCN1C(=O)/C(=C/c2ccc(OCC(=O)O)c(OC)c2)S/C1=N/NC(=O)Cc1ccccc1. The second kappa shape index (κ2) is 11.7. The molecule has 1 aliphatic rings. The normalized spacial score (nSPS) is 15.4. The number of thioether (sulfide) groups is 1. The van der Waals surface area contributed by atoms with Crippen LogP contribution >= 0.6 is 11.8 Å². The number of rotatable bonds is 10. The minimum absolute atomic E-state index is 0.163. The molecule has 2 amide bonds. The summed E-state index contributed by atoms with van der Waals surface area (Å²) in [6, 6.07) is 14.1. The molecule has 2 N–H and O–H groups in total. The van der Waals surface area contributed by atoms with E-state index >= 15 is 0 Å². The van der Waals surface area contributed by atoms with Gasteiger partial charge in [-0.15, -0.1) is 11.7 Å². The zero-order chi connectivity index (χ0) is 24.5. The van der Waals surface area contributed by atoms with Crippen molar-refractivity contribution >= 4 is 40.8 Å². The smallest absolute Gasteiger partial charge is 0.341 e. The molecule has 9 nitrogen and oxygen atoms in total. The van der Waals surface area contributed by atoms with Crippen molar-refractivity contribution in [1.82, 2.24) is 10.3 Å². The summed E-state index contributed by atoms with van der Waals surface area (Å²) in [5.41, 5.74) is 4.00. The van der Waals surface area contributed by atoms with Gasteiger partial charge in [0.15, 0.2) is 23.3 Å². The Morgan fingerprint density at radius 2 is 1.97 bits per heavy atom. The number of benzene rings is 2. The molecule has 0 aliphatic carbocycles. The molecule has 2 aromatic rings. The summed E-state index contributed by atoms with van der Waals surface area (Å²) >= 11 is 1.12. The van der Waals surface area contributed by atoms with Crippen molar-refractivity contribution in [3.05, 3.63) is 77.2 Å². The van der Waals surface area contributed by atoms with E-state index in [2.05, 4.69) is 17.1 Å². The average molecular weight is 482 g/mol. The number of carbonyl (C=O) groups excluding carboxylic acids is 2. The molecule has 0 aromatic heterocycles. The number of hydrogen-bond donors (Lipinski definition) is 2. The molecule has 1 aliphatic heterocycles. The first kappa shape index (κ1) is 24.6. The van der Waals surface area contributed by atoms with Gasteiger partial charge >= 0.3 is 5.97 Å². The standard InChI is InChI=1S/C24H23N3O6S/c1-3-11-27-23(31)20(13-17-9-10-18(19(12-17)32-2)33-15-22(29)30)34-24(27)26-25-21(28)14-16-7-5-4-6-8-16/h3-10,12-13H,1,11,14-15H2,2H3,(H,25,28)(H,29,30)/b20-13-,26-24+. The lowest BCUT2D eigenvalue weighted by Crippen LogP contribution is -2.31. The maximum Gasteiger partial charge on any atom is 0.341 e. The first-order chi connectivity index (χ1) is 16.4. The predicted octanol–water partition coefficient (Wildman–Crippen LogP) is 2.89. The van der Waals surface area contributed by atoms with Crippen molar-refractivity contribution in [2.75, 3.05) is 20.3 Å². The number of ether oxygens (including phenoxy) is 2. The van der Waals surface area contributed by atoms with Crippen LogP contribution in [0.5, 0.6) is 11.5 Å². The molecule has 0 saturated carbocycles. The third-order valence-electron chi connectivity index (χ3n) is 4.52. The minimum atomic E-state index is -1.11. The zero-order valence-corrected chi connectivity index (χ0v) is 19.2. The van der Waals surface area contributed by atoms with Gasteiger partial charge in [-0.05, 0) is 41.1 Å². The lowest BCUT2D eigenvalue weighted by Gasteiger charge is -2.12. The molecular formula is C24H23N3O6S. The lowest BCUT2D eigenvalue weighted by atomic mass is 10.1. The van der Waals surface area contributed by atoms with Gasteiger partial charge in [-0.2, -0.15) is 0 Å². The highest BCUT2D eigenvalue weighted by Crippen LogP contribution is 2.34. The summed E-state index contributed by atoms with van der Waals surface area (Å²) in [6.45, 7) is 3.40. The van der Waals surface area contributed by atoms with E-state index in [0.29, 0.717) is 21.4 Å². The number of hydrogen-bond acceptors (Lipinski definition) is 7. The Morgan fingerprint density at radius 3 is 2.65 bits per heavy atom. The molecule has 0 radical (unpaired) electrons. The van der Waals surface area contributed by atoms with Gasteiger partial charge in [0.1, 0.15) is 0 Å². The Bertz CT molecular complexity index is 1150. The minimum Gasteiger partial charge on any atom is -0.493 e. The quantitative estimate of drug-likeness (QED) is 0.304. The fraction of sp³-hybridized carbons (Fsp3) is 0.167. The summed E-state index contributed by atoms with van der Waals surface area (Å²) in [6.07, 6.45) is 3.39. The van der Waals surface area contributed by atoms with E-state index in [1.165, 1.54) is 12.0 Å². The van der Waals surface area contributed by atoms with Crippen molar-refractivity contribution in [2.24, 2.45) is 5.10 Å². The van der Waals surface area contributed by atoms with E-state index in [1.807, 2.05) is 30.3 Å². The second-order valence-electron chi connectivity index (χ2n) is 7.00. The van der Waals surface area contributed by atoms with Crippen molar-refractivity contribution in [3.63, 3.8) is 0 Å². The largest absolute Gasteiger partial charge is 0.493 e. The van der Waals surface area contributed by atoms with Crippen LogP contribution in [0.1, 0.15) is 11.1 Å². The Hall–Kier alpha value is -4.05. The first-order valence-electron chi connectivity index (χ1n) is 10.2. The number of hydrazone groups is 1. The number of carboxylic acid groups (broad SMARTS) is 1. The monoisotopic (exact) mass is 481 g/mol. The number of carbonyl (C=O) groups is 3. The van der Waals surface area contributed by atoms with Gasteiger partial charge in [-0.25, -0.2) is 10.2 Å². The highest BCUT2D eigenvalue weighted by atomic mass is 32.2. The van der Waals surface area contributed by atoms with Gasteiger partial charge < -0.3 is 14.6 Å². The van der Waals surface area contributed by atoms with E-state index in [-0.39, 0.29) is 30.5 Å². The van der Waals surface area contributed by atoms with Crippen LogP contribution in [0.2, 0.25) is 0 Å². The van der Waals surface area contributed by atoms with Gasteiger partial charge in [-0.3, -0.25) is 14.5 Å². The van der Waals surface area contributed by atoms with Crippen LogP contribution in [0.15, 0.2) is 71.2 Å². The van der Waals surface area contributed by atoms with Gasteiger partial charge in [0.2, 0.25) is 5.91 Å². The summed E-state index contributed by atoms with van der Waals surface area (Å²) in [5.74, 6) is -1.09. The lowest BCUT2D eigenvalue weighted by molar-refractivity contribution is -0.139. The Labute approximate surface area is 200 Å². The molecule has 0 spiro atoms. The van der Waals surface area contributed by atoms with Crippen LogP contribution < -0.4 is 14.9 Å². The van der Waals surface area contributed by atoms with E-state index in [0.717, 1.165) is 17.3 Å². The van der Waals surface area contributed by atoms with Crippen molar-refractivity contribution in [1.29, 1.82) is 0 Å². The van der Waals surface area contributed by atoms with Crippen LogP contribution in [0, 0.1) is 0 Å². The third-order valence-corrected chi connectivity index (χ3v) is 5.53. The van der Waals surface area contributed by atoms with Crippen LogP contribution in [0.25, 0.3) is 6.08 Å². The van der Waals surface area contributed by atoms with E-state index in [9.17, 15) is 14.4 Å². The first-order valence-corrected chi connectivity index (χ1v) is 11.0. The molecule has 2 aromatic carbocycles. The average Bonchev–Trinajstić information content (AvgIpc) is 3.11. The Kier molecular flexibility index (Phi) is 8.47. The molecule has 0 bridgehead atoms. The second-order valence-corrected chi connectivity index (χ2v) is 8.01. The number of aliphatic carboxylic acids is 1. The van der Waals surface area contributed by atoms with E-state index in [1.54, 1.807) is 30.4 Å². The topological polar surface area (TPSA) is 118 Å². The Morgan fingerprint density at radius 1 is 1.21 bits per heavy atom. The van der Waals surface area contributed by atoms with Gasteiger partial charge in [0.25, 0.3) is 5.91 Å². The fourth-order valence-corrected chi connectivity index (χ4v) is 3.94. The predicted molar refractivity (Wildman–Crippen MR) is 129 cm³/mol. The van der Waals surface area contributed by atoms with Gasteiger partial charge in [0.05, 0.1) is 18.4 Å². The molecule has 1 saturated heterocycles. The molecule has 0 unspecified atom stereocenters. The number of carboxylic acids is 1. The maximum absolute atomic E-state index is 12.9. The Balaban J connectivity index is 1.77. The van der Waals surface area contributed by atoms with Crippen LogP contribution in [-0.4, -0.2) is 53.2 Å². The molecule has 0 atom stereocenters. The van der Waals surface area contributed by atoms with E-state index in [4.69, 9.17) is 14.6 Å². The number of amides is 2. The van der Waals surface area contributed by atoms with Crippen molar-refractivity contribution in [2.45, 2.75) is 6.42 Å². The summed E-state index contributed by atoms with van der Waals surface area (Å²) in [5, 5.41) is 13.3. The van der Waals surface area contributed by atoms with Crippen LogP contribution in [-0.2, 0) is 20.8 Å². The molecule has 10 heteroatoms. The van der Waals surface area contributed by atoms with Crippen LogP contribution in [0.3, 0.4) is 0 Å². The molecular weight excluding hydrogens is 458 g/mol. The zero-order valence-electron chi connectivity index (χ0n) is 18.4. The number of nitrogens with one attached hydrogen (secondary N) is 1. The molecule has 3 rings (SSSR count). The fourth-order valence-electron chi connectivity index (χ4n) is 3.00. The summed E-state index contributed by atoms with van der Waals surface area (Å²) in [7, 11) is 1.43. The molecule has 1 heterocycles. The molecule has 1 fully saturated rings. The van der Waals surface area contributed by atoms with Gasteiger partial charge in [0, 0.05) is 6.54 Å². The molecule has 34 heavy (non-hydrogen) atoms. The van der Waals surface area contributed by atoms with E-state index < -0.39 is 12.6 Å². The highest BCUT2D eigenvalue weighted by molar-refractivity contribution is 8.18. The molecule has 176 valence electrons. The number of methoxy groups -OCH3 is 1. The van der Waals surface area contributed by atoms with Crippen molar-refractivity contribution < 1.29 is 29.0 Å². The van der Waals surface area contributed by atoms with Gasteiger partial charge in [-0.1, -0.05) is 42.5 Å². The van der Waals surface area contributed by atoms with Crippen molar-refractivity contribution in [3.8, 4) is 11.5 Å². The number of nitrogens with zero attached hydrogens (tertiary/aromatic N) is 2. The highest BCUT2D eigenvalue weighted by Gasteiger charge is 2.33. The summed E-state index contributed by atoms with van der Waals surface area (Å²) < 4.78 is 10.5. The maximum atomic E-state index is 12.9.